The Morgan fingerprint density at radius 1 is 0.525 bits per heavy atom. The predicted molar refractivity (Wildman–Crippen MR) is 240 cm³/mol. The minimum atomic E-state index is -3.12. The number of quaternary nitrogens is 1. The molecule has 8 rings (SSSR count). The fourth-order valence-electron chi connectivity index (χ4n) is 7.39. The van der Waals surface area contributed by atoms with Crippen LogP contribution in [0.1, 0.15) is 54.7 Å². The van der Waals surface area contributed by atoms with Crippen LogP contribution >= 0.6 is 0 Å². The lowest BCUT2D eigenvalue weighted by Gasteiger charge is -2.06. The summed E-state index contributed by atoms with van der Waals surface area (Å²) in [6.45, 7) is 6.91. The molecular weight excluding hydrogens is 798 g/mol. The first-order chi connectivity index (χ1) is 27.4. The maximum atomic E-state index is 11.6. The van der Waals surface area contributed by atoms with Gasteiger partial charge in [0.15, 0.2) is 19.7 Å². The Hall–Kier alpha value is -5.26. The van der Waals surface area contributed by atoms with E-state index >= 15 is 0 Å². The van der Waals surface area contributed by atoms with Gasteiger partial charge in [-0.25, -0.2) is 16.8 Å². The third kappa shape index (κ3) is 10.7. The number of aromatic nitrogens is 2. The molecule has 11 heteroatoms. The molecule has 2 heterocycles. The third-order valence-electron chi connectivity index (χ3n) is 10.3. The molecule has 6 aromatic carbocycles. The Bertz CT molecular complexity index is 2900. The summed E-state index contributed by atoms with van der Waals surface area (Å²) in [4.78, 5) is 11.6. The molecule has 8 nitrogen and oxygen atoms in total. The molecule has 0 fully saturated rings. The second-order valence-electron chi connectivity index (χ2n) is 14.2. The summed E-state index contributed by atoms with van der Waals surface area (Å²) in [5, 5.41) is 5.02. The highest BCUT2D eigenvalue weighted by Crippen LogP contribution is 2.31. The highest BCUT2D eigenvalue weighted by atomic mass is 35.5. The highest BCUT2D eigenvalue weighted by molar-refractivity contribution is 7.91. The van der Waals surface area contributed by atoms with Crippen molar-refractivity contribution in [2.45, 2.75) is 70.0 Å². The van der Waals surface area contributed by atoms with Crippen LogP contribution < -0.4 is 18.1 Å². The molecule has 0 aliphatic heterocycles. The average molecular weight is 853 g/mol. The Kier molecular flexibility index (Phi) is 15.8. The van der Waals surface area contributed by atoms with Gasteiger partial charge < -0.3 is 27.3 Å². The van der Waals surface area contributed by atoms with Crippen molar-refractivity contribution < 1.29 is 39.8 Å². The number of fused-ring (bicyclic) bond motifs is 6. The molecule has 0 amide bonds. The van der Waals surface area contributed by atoms with E-state index in [1.54, 1.807) is 36.4 Å². The lowest BCUT2D eigenvalue weighted by molar-refractivity contribution is -0.386. The van der Waals surface area contributed by atoms with Crippen LogP contribution in [0.5, 0.6) is 0 Å². The smallest absolute Gasteiger partial charge is 0.175 e. The molecular formula is C48H54ClN3O5S2. The van der Waals surface area contributed by atoms with Crippen molar-refractivity contribution in [1.29, 1.82) is 0 Å². The number of para-hydroxylation sites is 2. The van der Waals surface area contributed by atoms with Crippen molar-refractivity contribution in [3.05, 3.63) is 156 Å². The second-order valence-corrected chi connectivity index (χ2v) is 18.2. The normalized spacial score (nSPS) is 11.3. The Morgan fingerprint density at radius 2 is 0.932 bits per heavy atom. The minimum absolute atomic E-state index is 0. The summed E-state index contributed by atoms with van der Waals surface area (Å²) in [7, 11) is -6.17. The number of rotatable bonds is 10. The molecule has 0 atom stereocenters. The van der Waals surface area contributed by atoms with Crippen molar-refractivity contribution in [1.82, 2.24) is 9.13 Å². The van der Waals surface area contributed by atoms with Crippen molar-refractivity contribution in [3.63, 3.8) is 0 Å². The molecule has 0 unspecified atom stereocenters. The fourth-order valence-corrected chi connectivity index (χ4v) is 8.65. The van der Waals surface area contributed by atoms with Crippen LogP contribution in [-0.4, -0.2) is 44.8 Å². The molecule has 0 saturated carbocycles. The Morgan fingerprint density at radius 3 is 1.39 bits per heavy atom. The molecule has 0 saturated heterocycles. The summed E-state index contributed by atoms with van der Waals surface area (Å²) < 4.78 is 49.8. The van der Waals surface area contributed by atoms with E-state index in [0.29, 0.717) is 16.3 Å². The first-order valence-electron chi connectivity index (χ1n) is 19.2. The molecule has 8 aromatic rings. The van der Waals surface area contributed by atoms with Gasteiger partial charge in [-0.3, -0.25) is 4.79 Å². The van der Waals surface area contributed by atoms with E-state index in [9.17, 15) is 21.6 Å². The van der Waals surface area contributed by atoms with Crippen LogP contribution in [0.3, 0.4) is 0 Å². The molecule has 310 valence electrons. The van der Waals surface area contributed by atoms with Gasteiger partial charge in [0.25, 0.3) is 0 Å². The number of carbonyl (C=O) groups excluding carboxylic acids is 1. The van der Waals surface area contributed by atoms with E-state index < -0.39 is 19.7 Å². The summed E-state index contributed by atoms with van der Waals surface area (Å²) in [5.41, 5.74) is 13.0. The number of benzene rings is 6. The van der Waals surface area contributed by atoms with Gasteiger partial charge in [-0.05, 0) is 111 Å². The van der Waals surface area contributed by atoms with Gasteiger partial charge in [0.2, 0.25) is 0 Å². The Labute approximate surface area is 354 Å². The first kappa shape index (κ1) is 46.4. The van der Waals surface area contributed by atoms with Crippen molar-refractivity contribution >= 4 is 69.6 Å². The number of carbonyl (C=O) groups is 1. The highest BCUT2D eigenvalue weighted by Gasteiger charge is 2.12. The number of nitrogens with zero attached hydrogens (tertiary/aromatic N) is 2. The molecule has 0 bridgehead atoms. The third-order valence-corrected chi connectivity index (χ3v) is 12.6. The number of aryl methyl sites for hydroxylation is 4. The van der Waals surface area contributed by atoms with Crippen LogP contribution in [-0.2, 0) is 52.2 Å². The molecule has 0 spiro atoms. The minimum Gasteiger partial charge on any atom is -1.00 e. The molecule has 2 aromatic heterocycles. The van der Waals surface area contributed by atoms with Crippen molar-refractivity contribution in [2.24, 2.45) is 0 Å². The van der Waals surface area contributed by atoms with Crippen molar-refractivity contribution in [3.8, 4) is 0 Å². The number of hydrogen-bond donors (Lipinski definition) is 1. The monoisotopic (exact) mass is 851 g/mol. The average Bonchev–Trinajstić information content (AvgIpc) is 3.72. The largest absolute Gasteiger partial charge is 1.00 e. The topological polar surface area (TPSA) is 123 Å². The lowest BCUT2D eigenvalue weighted by atomic mass is 10.0. The van der Waals surface area contributed by atoms with Gasteiger partial charge in [0.05, 0.1) is 16.3 Å². The van der Waals surface area contributed by atoms with Crippen LogP contribution in [0.15, 0.2) is 143 Å². The van der Waals surface area contributed by atoms with Gasteiger partial charge in [-0.15, -0.1) is 0 Å². The maximum absolute atomic E-state index is 11.6. The predicted octanol–water partition coefficient (Wildman–Crippen LogP) is 6.49. The summed E-state index contributed by atoms with van der Waals surface area (Å²) in [6, 6.07) is 43.6. The van der Waals surface area contributed by atoms with Gasteiger partial charge in [0.1, 0.15) is 6.29 Å². The number of aldehydes is 1. The van der Waals surface area contributed by atoms with E-state index in [2.05, 4.69) is 83.3 Å². The van der Waals surface area contributed by atoms with Crippen molar-refractivity contribution in [2.75, 3.05) is 12.5 Å². The molecule has 59 heavy (non-hydrogen) atoms. The SMILES string of the molecule is C.CCn1c2ccccc2c2cc(C=O)ccc21.CCn1c2ccccc2c2cc(CCCc3ccc(S(C)(=O)=O)cc3)ccc21.CS(=O)(=O)c1ccc(C[NH3+])cc1.[Cl-]. The van der Waals surface area contributed by atoms with E-state index in [4.69, 9.17) is 0 Å². The van der Waals surface area contributed by atoms with Gasteiger partial charge in [-0.2, -0.15) is 0 Å². The number of halogens is 1. The van der Waals surface area contributed by atoms with E-state index in [0.717, 1.165) is 55.2 Å². The zero-order valence-corrected chi connectivity index (χ0v) is 35.7. The van der Waals surface area contributed by atoms with E-state index in [-0.39, 0.29) is 19.8 Å². The lowest BCUT2D eigenvalue weighted by Crippen LogP contribution is -3.00. The first-order valence-corrected chi connectivity index (χ1v) is 23.0. The molecule has 0 aliphatic rings. The van der Waals surface area contributed by atoms with Crippen LogP contribution in [0.2, 0.25) is 0 Å². The van der Waals surface area contributed by atoms with Crippen LogP contribution in [0, 0.1) is 0 Å². The molecule has 3 N–H and O–H groups in total. The molecule has 0 radical (unpaired) electrons. The van der Waals surface area contributed by atoms with E-state index in [1.807, 2.05) is 42.5 Å². The number of hydrogen-bond acceptors (Lipinski definition) is 5. The second kappa shape index (κ2) is 20.1. The van der Waals surface area contributed by atoms with Crippen LogP contribution in [0.4, 0.5) is 0 Å². The Balaban J connectivity index is 0.000000212. The standard InChI is InChI=1S/C24H25NO2S.C15H13NO.C8H11NO2S.CH4.ClH/c1-3-25-23-10-5-4-9-21(23)22-17-19(13-16-24(22)25)8-6-7-18-11-14-20(15-12-18)28(2,26)27;1-2-16-14-6-4-3-5-12(14)13-9-11(10-17)7-8-15(13)16;1-12(10,11)8-4-2-7(6-9)3-5-8;;/h4-5,9-17H,3,6-8H2,1-2H3;3-10H,2H2,1H3;2-5H,6,9H2,1H3;1H4;1H. The van der Waals surface area contributed by atoms with Gasteiger partial charge in [-0.1, -0.05) is 74.2 Å². The number of sulfone groups is 2. The van der Waals surface area contributed by atoms with Crippen LogP contribution in [0.25, 0.3) is 43.6 Å². The van der Waals surface area contributed by atoms with E-state index in [1.165, 1.54) is 61.9 Å². The van der Waals surface area contributed by atoms with Gasteiger partial charge in [0, 0.05) is 80.3 Å². The molecule has 0 aliphatic carbocycles. The quantitative estimate of drug-likeness (QED) is 0.158. The zero-order valence-electron chi connectivity index (χ0n) is 33.4. The summed E-state index contributed by atoms with van der Waals surface area (Å²) in [5.74, 6) is 0. The maximum Gasteiger partial charge on any atom is 0.175 e. The van der Waals surface area contributed by atoms with Gasteiger partial charge >= 0.3 is 0 Å². The fraction of sp³-hybridized carbons (Fsp3) is 0.229. The zero-order chi connectivity index (χ0) is 40.7. The summed E-state index contributed by atoms with van der Waals surface area (Å²) in [6.07, 6.45) is 6.34. The summed E-state index contributed by atoms with van der Waals surface area (Å²) >= 11 is 0.